The summed E-state index contributed by atoms with van der Waals surface area (Å²) in [7, 11) is 0. The van der Waals surface area contributed by atoms with Crippen LogP contribution in [0.3, 0.4) is 0 Å². The first-order valence-electron chi connectivity index (χ1n) is 3.29. The maximum absolute atomic E-state index is 10.4. The minimum absolute atomic E-state index is 0.284. The average molecular weight is 155 g/mol. The predicted octanol–water partition coefficient (Wildman–Crippen LogP) is -0.00160. The van der Waals surface area contributed by atoms with Crippen molar-refractivity contribution >= 4 is 6.09 Å². The molecule has 0 aliphatic carbocycles. The van der Waals surface area contributed by atoms with Crippen molar-refractivity contribution < 1.29 is 14.6 Å². The minimum Gasteiger partial charge on any atom is -0.465 e. The Balaban J connectivity index is 2.47. The molecule has 1 saturated heterocycles. The summed E-state index contributed by atoms with van der Waals surface area (Å²) < 4.78 is 5.07. The van der Waals surface area contributed by atoms with E-state index < -0.39 is 6.09 Å². The Morgan fingerprint density at radius 1 is 1.82 bits per heavy atom. The molecule has 1 heterocycles. The van der Waals surface area contributed by atoms with Gasteiger partial charge in [-0.15, -0.1) is 6.42 Å². The third-order valence-electron chi connectivity index (χ3n) is 1.52. The molecule has 1 rings (SSSR count). The van der Waals surface area contributed by atoms with E-state index in [0.717, 1.165) is 0 Å². The van der Waals surface area contributed by atoms with E-state index in [1.54, 1.807) is 0 Å². The topological polar surface area (TPSA) is 49.8 Å². The van der Waals surface area contributed by atoms with Crippen molar-refractivity contribution in [2.24, 2.45) is 0 Å². The van der Waals surface area contributed by atoms with Crippen molar-refractivity contribution in [1.82, 2.24) is 4.90 Å². The Hall–Kier alpha value is -1.21. The molecule has 11 heavy (non-hydrogen) atoms. The van der Waals surface area contributed by atoms with E-state index in [1.807, 2.05) is 0 Å². The maximum Gasteiger partial charge on any atom is 0.407 e. The van der Waals surface area contributed by atoms with Crippen LogP contribution in [0.4, 0.5) is 4.79 Å². The van der Waals surface area contributed by atoms with Gasteiger partial charge in [0.1, 0.15) is 6.10 Å². The molecule has 1 N–H and O–H groups in total. The molecule has 4 nitrogen and oxygen atoms in total. The summed E-state index contributed by atoms with van der Waals surface area (Å²) in [6.45, 7) is 1.08. The van der Waals surface area contributed by atoms with Gasteiger partial charge in [-0.1, -0.05) is 5.92 Å². The van der Waals surface area contributed by atoms with Crippen molar-refractivity contribution in [3.05, 3.63) is 0 Å². The van der Waals surface area contributed by atoms with E-state index in [4.69, 9.17) is 16.3 Å². The molecular weight excluding hydrogens is 146 g/mol. The summed E-state index contributed by atoms with van der Waals surface area (Å²) in [6.07, 6.45) is 3.76. The number of hydrogen-bond acceptors (Lipinski definition) is 2. The Labute approximate surface area is 64.8 Å². The highest BCUT2D eigenvalue weighted by Crippen LogP contribution is 2.03. The molecular formula is C7H9NO3. The molecule has 0 aromatic rings. The fraction of sp³-hybridized carbons (Fsp3) is 0.571. The Morgan fingerprint density at radius 3 is 3.09 bits per heavy atom. The van der Waals surface area contributed by atoms with Gasteiger partial charge in [0, 0.05) is 6.54 Å². The molecule has 0 bridgehead atoms. The third kappa shape index (κ3) is 1.85. The second kappa shape index (κ2) is 3.26. The van der Waals surface area contributed by atoms with Crippen molar-refractivity contribution in [3.8, 4) is 12.3 Å². The molecule has 1 amide bonds. The van der Waals surface area contributed by atoms with Crippen LogP contribution in [-0.2, 0) is 4.74 Å². The van der Waals surface area contributed by atoms with Gasteiger partial charge in [-0.2, -0.15) is 0 Å². The van der Waals surface area contributed by atoms with Crippen LogP contribution in [0.2, 0.25) is 0 Å². The van der Waals surface area contributed by atoms with Crippen molar-refractivity contribution in [1.29, 1.82) is 0 Å². The zero-order chi connectivity index (χ0) is 8.27. The fourth-order valence-electron chi connectivity index (χ4n) is 0.924. The predicted molar refractivity (Wildman–Crippen MR) is 38.2 cm³/mol. The van der Waals surface area contributed by atoms with Crippen LogP contribution in [0.1, 0.15) is 0 Å². The van der Waals surface area contributed by atoms with E-state index in [2.05, 4.69) is 5.92 Å². The lowest BCUT2D eigenvalue weighted by atomic mass is 10.3. The van der Waals surface area contributed by atoms with Gasteiger partial charge in [-0.3, -0.25) is 0 Å². The summed E-state index contributed by atoms with van der Waals surface area (Å²) in [6, 6.07) is 0. The second-order valence-corrected chi connectivity index (χ2v) is 2.25. The molecule has 60 valence electrons. The highest BCUT2D eigenvalue weighted by molar-refractivity contribution is 5.65. The Bertz CT molecular complexity index is 196. The summed E-state index contributed by atoms with van der Waals surface area (Å²) in [5, 5.41) is 8.55. The van der Waals surface area contributed by atoms with Crippen molar-refractivity contribution in [2.75, 3.05) is 19.7 Å². The SMILES string of the molecule is C#C[C@@H]1CN(C(=O)O)CCO1. The number of rotatable bonds is 0. The summed E-state index contributed by atoms with van der Waals surface area (Å²) >= 11 is 0. The molecule has 0 aromatic carbocycles. The zero-order valence-corrected chi connectivity index (χ0v) is 5.99. The molecule has 1 fully saturated rings. The highest BCUT2D eigenvalue weighted by Gasteiger charge is 2.21. The number of amides is 1. The monoisotopic (exact) mass is 155 g/mol. The van der Waals surface area contributed by atoms with Crippen LogP contribution in [-0.4, -0.2) is 41.9 Å². The first kappa shape index (κ1) is 7.89. The molecule has 0 radical (unpaired) electrons. The highest BCUT2D eigenvalue weighted by atomic mass is 16.5. The van der Waals surface area contributed by atoms with Gasteiger partial charge in [0.15, 0.2) is 0 Å². The summed E-state index contributed by atoms with van der Waals surface area (Å²) in [5.41, 5.74) is 0. The number of terminal acetylenes is 1. The number of morpholine rings is 1. The standard InChI is InChI=1S/C7H9NO3/c1-2-6-5-8(7(9)10)3-4-11-6/h1,6H,3-5H2,(H,9,10)/t6-/m1/s1. The first-order valence-corrected chi connectivity index (χ1v) is 3.29. The number of carboxylic acid groups (broad SMARTS) is 1. The van der Waals surface area contributed by atoms with E-state index >= 15 is 0 Å². The van der Waals surface area contributed by atoms with Gasteiger partial charge in [-0.25, -0.2) is 4.79 Å². The smallest absolute Gasteiger partial charge is 0.407 e. The van der Waals surface area contributed by atoms with E-state index in [0.29, 0.717) is 13.2 Å². The first-order chi connectivity index (χ1) is 5.24. The summed E-state index contributed by atoms with van der Waals surface area (Å²) in [5.74, 6) is 2.36. The van der Waals surface area contributed by atoms with Crippen LogP contribution < -0.4 is 0 Å². The lowest BCUT2D eigenvalue weighted by Gasteiger charge is -2.27. The molecule has 4 heteroatoms. The van der Waals surface area contributed by atoms with Crippen molar-refractivity contribution in [3.63, 3.8) is 0 Å². The van der Waals surface area contributed by atoms with Gasteiger partial charge >= 0.3 is 6.09 Å². The fourth-order valence-corrected chi connectivity index (χ4v) is 0.924. The van der Waals surface area contributed by atoms with Gasteiger partial charge in [0.05, 0.1) is 13.2 Å². The lowest BCUT2D eigenvalue weighted by molar-refractivity contribution is 0.00667. The largest absolute Gasteiger partial charge is 0.465 e. The molecule has 0 spiro atoms. The van der Waals surface area contributed by atoms with Crippen LogP contribution in [0.5, 0.6) is 0 Å². The lowest BCUT2D eigenvalue weighted by Crippen LogP contribution is -2.44. The van der Waals surface area contributed by atoms with Gasteiger partial charge in [0.2, 0.25) is 0 Å². The van der Waals surface area contributed by atoms with Crippen LogP contribution in [0, 0.1) is 12.3 Å². The number of ether oxygens (including phenoxy) is 1. The number of carbonyl (C=O) groups is 1. The van der Waals surface area contributed by atoms with E-state index in [-0.39, 0.29) is 12.6 Å². The van der Waals surface area contributed by atoms with Crippen LogP contribution in [0.15, 0.2) is 0 Å². The third-order valence-corrected chi connectivity index (χ3v) is 1.52. The maximum atomic E-state index is 10.4. The molecule has 0 saturated carbocycles. The van der Waals surface area contributed by atoms with Gasteiger partial charge in [-0.05, 0) is 0 Å². The molecule has 0 aromatic heterocycles. The van der Waals surface area contributed by atoms with E-state index in [9.17, 15) is 4.79 Å². The molecule has 1 aliphatic heterocycles. The van der Waals surface area contributed by atoms with Crippen LogP contribution >= 0.6 is 0 Å². The quantitative estimate of drug-likeness (QED) is 0.501. The Kier molecular flexibility index (Phi) is 2.34. The van der Waals surface area contributed by atoms with Crippen LogP contribution in [0.25, 0.3) is 0 Å². The van der Waals surface area contributed by atoms with Gasteiger partial charge < -0.3 is 14.7 Å². The average Bonchev–Trinajstić information content (AvgIpc) is 2.05. The van der Waals surface area contributed by atoms with Gasteiger partial charge in [0.25, 0.3) is 0 Å². The molecule has 0 unspecified atom stereocenters. The van der Waals surface area contributed by atoms with E-state index in [1.165, 1.54) is 4.90 Å². The van der Waals surface area contributed by atoms with Crippen molar-refractivity contribution in [2.45, 2.75) is 6.10 Å². The number of nitrogens with zero attached hydrogens (tertiary/aromatic N) is 1. The minimum atomic E-state index is -0.937. The zero-order valence-electron chi connectivity index (χ0n) is 5.99. The molecule has 1 aliphatic rings. The number of hydrogen-bond donors (Lipinski definition) is 1. The summed E-state index contributed by atoms with van der Waals surface area (Å²) in [4.78, 5) is 11.7. The second-order valence-electron chi connectivity index (χ2n) is 2.25. The molecule has 1 atom stereocenters. The Morgan fingerprint density at radius 2 is 2.55 bits per heavy atom. The normalized spacial score (nSPS) is 24.3.